The zero-order valence-electron chi connectivity index (χ0n) is 51.8. The standard InChI is InChI=1S/C70H116Br2N4S4/c1-5-9-13-17-21-25-29-31-35-39-43-47-51-57(49-45-41-37-33-27-23-19-15-11-7-3)53-59-55-61(77-69(59)71)63-65-68(80-75-73-65)64(66-67(63)79-76-74-66)62-56-60(70(72)78-62)54-58(50-46-42-38-34-28-24-20-16-12-8-4)52-48-44-40-36-32-30-26-22-18-14-10-6-2/h55-58H,5-54H2,1-4H3. The first-order valence-corrected chi connectivity index (χ1v) is 39.2. The molecule has 0 spiro atoms. The van der Waals surface area contributed by atoms with Crippen molar-refractivity contribution in [3.8, 4) is 20.9 Å². The van der Waals surface area contributed by atoms with E-state index < -0.39 is 0 Å². The molecule has 4 nitrogen and oxygen atoms in total. The van der Waals surface area contributed by atoms with E-state index in [4.69, 9.17) is 10.2 Å². The highest BCUT2D eigenvalue weighted by Crippen LogP contribution is 2.50. The van der Waals surface area contributed by atoms with Gasteiger partial charge in [0.1, 0.15) is 11.0 Å². The molecule has 0 saturated carbocycles. The molecule has 5 rings (SSSR count). The minimum absolute atomic E-state index is 0.727. The normalized spacial score (nSPS) is 12.8. The molecular weight excluding hydrogens is 1180 g/mol. The first kappa shape index (κ1) is 70.0. The molecule has 0 saturated heterocycles. The number of hydrogen-bond acceptors (Lipinski definition) is 8. The van der Waals surface area contributed by atoms with E-state index in [0.29, 0.717) is 0 Å². The van der Waals surface area contributed by atoms with E-state index in [1.807, 2.05) is 22.7 Å². The molecule has 80 heavy (non-hydrogen) atoms. The van der Waals surface area contributed by atoms with E-state index >= 15 is 0 Å². The second kappa shape index (κ2) is 45.5. The molecular formula is C70H116Br2N4S4. The van der Waals surface area contributed by atoms with Crippen molar-refractivity contribution in [1.29, 1.82) is 0 Å². The second-order valence-corrected chi connectivity index (χ2v) is 31.2. The van der Waals surface area contributed by atoms with Gasteiger partial charge in [0, 0.05) is 20.9 Å². The molecule has 0 bridgehead atoms. The van der Waals surface area contributed by atoms with Crippen molar-refractivity contribution in [1.82, 2.24) is 19.2 Å². The topological polar surface area (TPSA) is 51.6 Å². The number of halogens is 2. The predicted octanol–water partition coefficient (Wildman–Crippen LogP) is 27.8. The molecule has 5 aromatic rings. The number of fused-ring (bicyclic) bond motifs is 2. The Labute approximate surface area is 525 Å². The van der Waals surface area contributed by atoms with E-state index in [0.717, 1.165) is 45.1 Å². The van der Waals surface area contributed by atoms with Crippen LogP contribution in [0.4, 0.5) is 0 Å². The zero-order chi connectivity index (χ0) is 56.5. The molecule has 4 heterocycles. The van der Waals surface area contributed by atoms with Crippen LogP contribution in [0.3, 0.4) is 0 Å². The fourth-order valence-electron chi connectivity index (χ4n) is 12.8. The maximum absolute atomic E-state index is 4.94. The van der Waals surface area contributed by atoms with Crippen molar-refractivity contribution >= 4 is 98.0 Å². The Morgan fingerprint density at radius 2 is 0.550 bits per heavy atom. The fourth-order valence-corrected chi connectivity index (χ4v) is 17.9. The fraction of sp³-hybridized carbons (Fsp3) is 0.800. The molecule has 2 atom stereocenters. The molecule has 0 N–H and O–H groups in total. The number of unbranched alkanes of at least 4 members (excludes halogenated alkanes) is 40. The number of thiophene rings is 2. The quantitative estimate of drug-likeness (QED) is 0.0364. The van der Waals surface area contributed by atoms with Gasteiger partial charge in [-0.05, 0) is 103 Å². The zero-order valence-corrected chi connectivity index (χ0v) is 58.3. The summed E-state index contributed by atoms with van der Waals surface area (Å²) >= 11 is 15.1. The largest absolute Gasteiger partial charge is 0.137 e. The molecule has 0 aliphatic heterocycles. The third-order valence-electron chi connectivity index (χ3n) is 17.8. The van der Waals surface area contributed by atoms with Crippen LogP contribution in [-0.2, 0) is 12.8 Å². The Morgan fingerprint density at radius 3 is 0.787 bits per heavy atom. The molecule has 0 radical (unpaired) electrons. The lowest BCUT2D eigenvalue weighted by molar-refractivity contribution is 0.399. The number of aromatic nitrogens is 4. The smallest absolute Gasteiger partial charge is 0.116 e. The Kier molecular flexibility index (Phi) is 39.8. The second-order valence-electron chi connectivity index (χ2n) is 24.9. The summed E-state index contributed by atoms with van der Waals surface area (Å²) in [6.45, 7) is 9.28. The van der Waals surface area contributed by atoms with Gasteiger partial charge in [0.25, 0.3) is 0 Å². The lowest BCUT2D eigenvalue weighted by Gasteiger charge is -2.17. The van der Waals surface area contributed by atoms with Crippen LogP contribution in [-0.4, -0.2) is 19.2 Å². The highest BCUT2D eigenvalue weighted by atomic mass is 79.9. The van der Waals surface area contributed by atoms with Gasteiger partial charge < -0.3 is 0 Å². The molecule has 10 heteroatoms. The Morgan fingerprint density at radius 1 is 0.325 bits per heavy atom. The van der Waals surface area contributed by atoms with E-state index in [2.05, 4.69) is 80.7 Å². The van der Waals surface area contributed by atoms with Crippen LogP contribution >= 0.6 is 77.6 Å². The first-order valence-electron chi connectivity index (χ1n) is 34.5. The summed E-state index contributed by atoms with van der Waals surface area (Å²) in [4.78, 5) is 2.55. The van der Waals surface area contributed by atoms with Crippen LogP contribution < -0.4 is 0 Å². The maximum Gasteiger partial charge on any atom is 0.116 e. The van der Waals surface area contributed by atoms with Gasteiger partial charge in [0.15, 0.2) is 0 Å². The third kappa shape index (κ3) is 27.7. The number of benzene rings is 1. The van der Waals surface area contributed by atoms with Gasteiger partial charge in [0.2, 0.25) is 0 Å². The summed E-state index contributed by atoms with van der Waals surface area (Å²) in [7, 11) is 0. The van der Waals surface area contributed by atoms with Gasteiger partial charge in [-0.25, -0.2) is 0 Å². The van der Waals surface area contributed by atoms with E-state index in [9.17, 15) is 0 Å². The molecule has 0 aliphatic carbocycles. The van der Waals surface area contributed by atoms with Gasteiger partial charge in [0.05, 0.1) is 17.0 Å². The average Bonchev–Trinajstić information content (AvgIpc) is 4.31. The monoisotopic (exact) mass is 1300 g/mol. The van der Waals surface area contributed by atoms with Crippen LogP contribution in [0.5, 0.6) is 0 Å². The van der Waals surface area contributed by atoms with E-state index in [-0.39, 0.29) is 0 Å². The highest BCUT2D eigenvalue weighted by Gasteiger charge is 2.27. The number of hydrogen-bond donors (Lipinski definition) is 0. The van der Waals surface area contributed by atoms with Gasteiger partial charge in [-0.15, -0.1) is 32.9 Å². The van der Waals surface area contributed by atoms with Crippen LogP contribution in [0.15, 0.2) is 19.7 Å². The summed E-state index contributed by atoms with van der Waals surface area (Å²) < 4.78 is 14.2. The summed E-state index contributed by atoms with van der Waals surface area (Å²) in [5.41, 5.74) is 7.32. The Balaban J connectivity index is 1.23. The third-order valence-corrected chi connectivity index (χ3v) is 23.2. The van der Waals surface area contributed by atoms with Crippen molar-refractivity contribution in [2.75, 3.05) is 0 Å². The van der Waals surface area contributed by atoms with Crippen LogP contribution in [0, 0.1) is 11.8 Å². The first-order chi connectivity index (χ1) is 39.5. The van der Waals surface area contributed by atoms with Crippen molar-refractivity contribution in [2.45, 2.75) is 349 Å². The Bertz CT molecular complexity index is 2060. The average molecular weight is 1300 g/mol. The lowest BCUT2D eigenvalue weighted by atomic mass is 9.89. The minimum atomic E-state index is 0.727. The number of nitrogens with zero attached hydrogens (tertiary/aromatic N) is 4. The Hall–Kier alpha value is -0.780. The lowest BCUT2D eigenvalue weighted by Crippen LogP contribution is -2.05. The predicted molar refractivity (Wildman–Crippen MR) is 369 cm³/mol. The van der Waals surface area contributed by atoms with Crippen molar-refractivity contribution < 1.29 is 0 Å². The van der Waals surface area contributed by atoms with Crippen LogP contribution in [0.1, 0.15) is 347 Å². The molecule has 2 unspecified atom stereocenters. The van der Waals surface area contributed by atoms with Crippen molar-refractivity contribution in [2.24, 2.45) is 11.8 Å². The summed E-state index contributed by atoms with van der Waals surface area (Å²) in [6, 6.07) is 5.00. The van der Waals surface area contributed by atoms with Gasteiger partial charge in [-0.2, -0.15) is 0 Å². The number of rotatable bonds is 54. The van der Waals surface area contributed by atoms with Crippen LogP contribution in [0.2, 0.25) is 0 Å². The van der Waals surface area contributed by atoms with E-state index in [1.165, 1.54) is 371 Å². The summed E-state index contributed by atoms with van der Waals surface area (Å²) in [5.74, 6) is 1.45. The van der Waals surface area contributed by atoms with Gasteiger partial charge in [-0.3, -0.25) is 0 Å². The van der Waals surface area contributed by atoms with Gasteiger partial charge >= 0.3 is 0 Å². The summed E-state index contributed by atoms with van der Waals surface area (Å²) in [6.07, 6.45) is 69.7. The molecule has 0 amide bonds. The molecule has 1 aromatic carbocycles. The van der Waals surface area contributed by atoms with Crippen LogP contribution in [0.25, 0.3) is 41.3 Å². The summed E-state index contributed by atoms with van der Waals surface area (Å²) in [5, 5.41) is 9.88. The SMILES string of the molecule is CCCCCCCCCCCCCCC(CCCCCCCCCCCC)Cc1cc(-c2c3nnsc3c(-c3cc(CC(CCCCCCCCCCCC)CCCCCCCCCCCCCC)c(Br)s3)c3nnsc23)sc1Br. The van der Waals surface area contributed by atoms with Gasteiger partial charge in [-0.1, -0.05) is 345 Å². The van der Waals surface area contributed by atoms with Crippen molar-refractivity contribution in [3.05, 3.63) is 30.8 Å². The van der Waals surface area contributed by atoms with E-state index in [1.54, 1.807) is 0 Å². The maximum atomic E-state index is 4.94. The molecule has 4 aromatic heterocycles. The molecule has 0 aliphatic rings. The van der Waals surface area contributed by atoms with Crippen molar-refractivity contribution in [3.63, 3.8) is 0 Å². The molecule has 0 fully saturated rings. The minimum Gasteiger partial charge on any atom is -0.137 e. The molecule has 454 valence electrons. The highest BCUT2D eigenvalue weighted by molar-refractivity contribution is 9.11.